The van der Waals surface area contributed by atoms with Crippen molar-refractivity contribution in [1.29, 1.82) is 0 Å². The quantitative estimate of drug-likeness (QED) is 0.425. The normalized spacial score (nSPS) is 16.7. The van der Waals surface area contributed by atoms with E-state index in [9.17, 15) is 29.1 Å². The molecule has 0 radical (unpaired) electrons. The summed E-state index contributed by atoms with van der Waals surface area (Å²) in [5.74, 6) is -3.10. The summed E-state index contributed by atoms with van der Waals surface area (Å²) in [5, 5.41) is 22.8. The Balaban J connectivity index is 1.95. The Morgan fingerprint density at radius 3 is 2.66 bits per heavy atom. The molecule has 0 bridgehead atoms. The molecular formula is C18H20ClN3O7. The zero-order valence-corrected chi connectivity index (χ0v) is 16.0. The fraction of sp³-hybridized carbons (Fsp3) is 0.389. The molecule has 156 valence electrons. The second kappa shape index (κ2) is 9.87. The second-order valence-electron chi connectivity index (χ2n) is 6.44. The first-order chi connectivity index (χ1) is 13.7. The van der Waals surface area contributed by atoms with Gasteiger partial charge >= 0.3 is 5.97 Å². The van der Waals surface area contributed by atoms with Gasteiger partial charge in [0.1, 0.15) is 18.1 Å². The Hall–Kier alpha value is -3.14. The number of carboxylic acids is 1. The number of hydrogen-bond donors (Lipinski definition) is 4. The zero-order valence-electron chi connectivity index (χ0n) is 15.3. The van der Waals surface area contributed by atoms with Crippen LogP contribution >= 0.6 is 11.6 Å². The Bertz CT molecular complexity index is 830. The molecule has 0 aliphatic carbocycles. The number of carbonyl (C=O) groups is 5. The number of likely N-dealkylation sites (tertiary alicyclic amines) is 1. The third-order valence-corrected chi connectivity index (χ3v) is 4.67. The lowest BCUT2D eigenvalue weighted by Gasteiger charge is -2.25. The van der Waals surface area contributed by atoms with Crippen molar-refractivity contribution in [2.24, 2.45) is 0 Å². The molecule has 1 aromatic rings. The summed E-state index contributed by atoms with van der Waals surface area (Å²) in [7, 11) is 0. The number of aldehydes is 1. The smallest absolute Gasteiger partial charge is 0.305 e. The van der Waals surface area contributed by atoms with Gasteiger partial charge < -0.3 is 30.5 Å². The standard InChI is InChI=1S/C18H20ClN3O7/c19-13-7-11(24)3-4-12(13)17(28)20-8-15(25)22-5-1-2-14(22)18(29)21-10(9-23)6-16(26)27/h3-4,7,9-10,14,24H,1-2,5-6,8H2,(H,20,28)(H,21,29)(H,26,27)/t10-,14-/m0/s1. The number of amides is 3. The van der Waals surface area contributed by atoms with Crippen LogP contribution in [0.15, 0.2) is 18.2 Å². The van der Waals surface area contributed by atoms with Gasteiger partial charge in [-0.3, -0.25) is 19.2 Å². The number of nitrogens with one attached hydrogen (secondary N) is 2. The van der Waals surface area contributed by atoms with Crippen LogP contribution in [0.25, 0.3) is 0 Å². The van der Waals surface area contributed by atoms with Crippen LogP contribution in [0, 0.1) is 0 Å². The summed E-state index contributed by atoms with van der Waals surface area (Å²) in [4.78, 5) is 59.9. The monoisotopic (exact) mass is 425 g/mol. The summed E-state index contributed by atoms with van der Waals surface area (Å²) < 4.78 is 0. The van der Waals surface area contributed by atoms with E-state index >= 15 is 0 Å². The van der Waals surface area contributed by atoms with Gasteiger partial charge in [-0.05, 0) is 31.0 Å². The summed E-state index contributed by atoms with van der Waals surface area (Å²) in [6, 6.07) is 1.75. The summed E-state index contributed by atoms with van der Waals surface area (Å²) in [5.41, 5.74) is 0.0791. The number of phenols is 1. The number of rotatable bonds is 8. The molecule has 2 rings (SSSR count). The number of carbonyl (C=O) groups excluding carboxylic acids is 4. The lowest BCUT2D eigenvalue weighted by atomic mass is 10.1. The molecule has 1 saturated heterocycles. The van der Waals surface area contributed by atoms with Crippen LogP contribution in [-0.2, 0) is 19.2 Å². The van der Waals surface area contributed by atoms with Crippen molar-refractivity contribution >= 4 is 41.6 Å². The minimum absolute atomic E-state index is 0.0201. The van der Waals surface area contributed by atoms with Gasteiger partial charge in [-0.1, -0.05) is 11.6 Å². The van der Waals surface area contributed by atoms with Crippen molar-refractivity contribution < 1.29 is 34.2 Å². The fourth-order valence-corrected chi connectivity index (χ4v) is 3.24. The molecule has 1 heterocycles. The van der Waals surface area contributed by atoms with Gasteiger partial charge in [0.15, 0.2) is 0 Å². The van der Waals surface area contributed by atoms with E-state index < -0.39 is 42.2 Å². The van der Waals surface area contributed by atoms with Crippen LogP contribution < -0.4 is 10.6 Å². The Morgan fingerprint density at radius 2 is 2.03 bits per heavy atom. The molecule has 1 aromatic carbocycles. The van der Waals surface area contributed by atoms with E-state index in [1.807, 2.05) is 0 Å². The third kappa shape index (κ3) is 5.92. The third-order valence-electron chi connectivity index (χ3n) is 4.36. The van der Waals surface area contributed by atoms with Crippen LogP contribution in [0.5, 0.6) is 5.75 Å². The highest BCUT2D eigenvalue weighted by Gasteiger charge is 2.35. The van der Waals surface area contributed by atoms with Gasteiger partial charge in [-0.2, -0.15) is 0 Å². The maximum Gasteiger partial charge on any atom is 0.305 e. The first-order valence-electron chi connectivity index (χ1n) is 8.76. The maximum absolute atomic E-state index is 12.5. The van der Waals surface area contributed by atoms with Crippen molar-refractivity contribution in [2.75, 3.05) is 13.1 Å². The SMILES string of the molecule is O=C[C@H](CC(=O)O)NC(=O)[C@@H]1CCCN1C(=O)CNC(=O)c1ccc(O)cc1Cl. The van der Waals surface area contributed by atoms with Crippen LogP contribution in [0.4, 0.5) is 0 Å². The van der Waals surface area contributed by atoms with E-state index in [4.69, 9.17) is 16.7 Å². The molecule has 10 nitrogen and oxygen atoms in total. The number of aliphatic carboxylic acids is 1. The molecule has 1 aliphatic rings. The van der Waals surface area contributed by atoms with E-state index in [2.05, 4.69) is 10.6 Å². The van der Waals surface area contributed by atoms with Crippen LogP contribution in [-0.4, -0.2) is 70.3 Å². The van der Waals surface area contributed by atoms with Crippen molar-refractivity contribution in [3.8, 4) is 5.75 Å². The largest absolute Gasteiger partial charge is 0.508 e. The molecule has 3 amide bonds. The molecule has 1 aliphatic heterocycles. The highest BCUT2D eigenvalue weighted by atomic mass is 35.5. The van der Waals surface area contributed by atoms with E-state index in [0.717, 1.165) is 0 Å². The molecule has 0 saturated carbocycles. The number of benzene rings is 1. The molecule has 0 spiro atoms. The van der Waals surface area contributed by atoms with Gasteiger partial charge in [0, 0.05) is 6.54 Å². The minimum Gasteiger partial charge on any atom is -0.508 e. The van der Waals surface area contributed by atoms with E-state index in [1.54, 1.807) is 0 Å². The lowest BCUT2D eigenvalue weighted by molar-refractivity contribution is -0.140. The summed E-state index contributed by atoms with van der Waals surface area (Å²) in [6.07, 6.45) is 0.675. The number of carboxylic acid groups (broad SMARTS) is 1. The maximum atomic E-state index is 12.5. The van der Waals surface area contributed by atoms with E-state index in [0.29, 0.717) is 19.1 Å². The molecule has 1 fully saturated rings. The Morgan fingerprint density at radius 1 is 1.31 bits per heavy atom. The highest BCUT2D eigenvalue weighted by molar-refractivity contribution is 6.34. The van der Waals surface area contributed by atoms with E-state index in [-0.39, 0.29) is 29.4 Å². The van der Waals surface area contributed by atoms with Crippen molar-refractivity contribution in [3.05, 3.63) is 28.8 Å². The number of halogens is 1. The molecular weight excluding hydrogens is 406 g/mol. The molecule has 2 atom stereocenters. The zero-order chi connectivity index (χ0) is 21.6. The number of hydrogen-bond acceptors (Lipinski definition) is 6. The predicted molar refractivity (Wildman–Crippen MR) is 100 cm³/mol. The van der Waals surface area contributed by atoms with Crippen LogP contribution in [0.3, 0.4) is 0 Å². The molecule has 11 heteroatoms. The molecule has 0 aromatic heterocycles. The first-order valence-corrected chi connectivity index (χ1v) is 9.14. The summed E-state index contributed by atoms with van der Waals surface area (Å²) >= 11 is 5.89. The number of phenolic OH excluding ortho intramolecular Hbond substituents is 1. The average molecular weight is 426 g/mol. The van der Waals surface area contributed by atoms with Gasteiger partial charge in [0.05, 0.1) is 29.6 Å². The highest BCUT2D eigenvalue weighted by Crippen LogP contribution is 2.21. The summed E-state index contributed by atoms with van der Waals surface area (Å²) in [6.45, 7) is -0.0938. The van der Waals surface area contributed by atoms with Gasteiger partial charge in [0.25, 0.3) is 5.91 Å². The Kier molecular flexibility index (Phi) is 7.54. The van der Waals surface area contributed by atoms with Crippen molar-refractivity contribution in [1.82, 2.24) is 15.5 Å². The first kappa shape index (κ1) is 22.2. The topological polar surface area (TPSA) is 153 Å². The fourth-order valence-electron chi connectivity index (χ4n) is 2.98. The lowest BCUT2D eigenvalue weighted by Crippen LogP contribution is -2.51. The van der Waals surface area contributed by atoms with Gasteiger partial charge in [-0.25, -0.2) is 0 Å². The molecule has 0 unspecified atom stereocenters. The molecule has 29 heavy (non-hydrogen) atoms. The second-order valence-corrected chi connectivity index (χ2v) is 6.85. The predicted octanol–water partition coefficient (Wildman–Crippen LogP) is -0.0752. The van der Waals surface area contributed by atoms with Crippen molar-refractivity contribution in [2.45, 2.75) is 31.3 Å². The minimum atomic E-state index is -1.24. The van der Waals surface area contributed by atoms with E-state index in [1.165, 1.54) is 23.1 Å². The Labute approximate surface area is 170 Å². The van der Waals surface area contributed by atoms with Gasteiger partial charge in [0.2, 0.25) is 11.8 Å². The number of aromatic hydroxyl groups is 1. The van der Waals surface area contributed by atoms with Crippen LogP contribution in [0.2, 0.25) is 5.02 Å². The average Bonchev–Trinajstić information content (AvgIpc) is 3.15. The van der Waals surface area contributed by atoms with Crippen LogP contribution in [0.1, 0.15) is 29.6 Å². The van der Waals surface area contributed by atoms with Crippen molar-refractivity contribution in [3.63, 3.8) is 0 Å². The molecule has 4 N–H and O–H groups in total. The number of nitrogens with zero attached hydrogens (tertiary/aromatic N) is 1. The van der Waals surface area contributed by atoms with Gasteiger partial charge in [-0.15, -0.1) is 0 Å².